The van der Waals surface area contributed by atoms with Crippen LogP contribution < -0.4 is 0 Å². The average Bonchev–Trinajstić information content (AvgIpc) is 3.00. The fourth-order valence-electron chi connectivity index (χ4n) is 2.55. The molecule has 0 aromatic heterocycles. The zero-order chi connectivity index (χ0) is 14.8. The highest BCUT2D eigenvalue weighted by Crippen LogP contribution is 2.54. The van der Waals surface area contributed by atoms with Crippen molar-refractivity contribution < 1.29 is 0 Å². The van der Waals surface area contributed by atoms with Gasteiger partial charge in [0, 0.05) is 15.4 Å². The van der Waals surface area contributed by atoms with Gasteiger partial charge in [-0.05, 0) is 23.3 Å². The second kappa shape index (κ2) is 6.07. The lowest BCUT2D eigenvalue weighted by atomic mass is 10.00. The van der Waals surface area contributed by atoms with Gasteiger partial charge in [-0.2, -0.15) is 0 Å². The van der Waals surface area contributed by atoms with Crippen molar-refractivity contribution in [3.63, 3.8) is 0 Å². The van der Waals surface area contributed by atoms with Gasteiger partial charge in [-0.15, -0.1) is 0 Å². The number of benzene rings is 3. The Morgan fingerprint density at radius 3 is 1.36 bits per heavy atom. The van der Waals surface area contributed by atoms with Crippen LogP contribution >= 0.6 is 23.5 Å². The molecule has 106 valence electrons. The number of thioether (sulfide) groups is 2. The molecule has 0 nitrogen and oxygen atoms in total. The summed E-state index contributed by atoms with van der Waals surface area (Å²) in [5, 5.41) is 0. The molecule has 22 heavy (non-hydrogen) atoms. The molecule has 1 aliphatic heterocycles. The predicted octanol–water partition coefficient (Wildman–Crippen LogP) is 6.30. The van der Waals surface area contributed by atoms with E-state index in [9.17, 15) is 0 Å². The molecule has 0 spiro atoms. The van der Waals surface area contributed by atoms with Gasteiger partial charge in [0.15, 0.2) is 0 Å². The largest absolute Gasteiger partial charge is 0.0809 e. The zero-order valence-electron chi connectivity index (χ0n) is 11.9. The van der Waals surface area contributed by atoms with E-state index >= 15 is 0 Å². The highest BCUT2D eigenvalue weighted by atomic mass is 32.2. The Morgan fingerprint density at radius 1 is 0.500 bits per heavy atom. The molecule has 0 fully saturated rings. The SMILES string of the molecule is c1ccc(C(=C2Sc3ccccc3S2)c2ccccc2)cc1. The van der Waals surface area contributed by atoms with E-state index in [2.05, 4.69) is 84.9 Å². The minimum Gasteiger partial charge on any atom is -0.0809 e. The third-order valence-electron chi connectivity index (χ3n) is 3.58. The topological polar surface area (TPSA) is 0 Å². The van der Waals surface area contributed by atoms with Gasteiger partial charge in [0.1, 0.15) is 0 Å². The van der Waals surface area contributed by atoms with Gasteiger partial charge in [0.05, 0.1) is 4.24 Å². The number of hydrogen-bond donors (Lipinski definition) is 0. The smallest absolute Gasteiger partial charge is 0.0583 e. The quantitative estimate of drug-likeness (QED) is 0.543. The van der Waals surface area contributed by atoms with E-state index in [4.69, 9.17) is 0 Å². The van der Waals surface area contributed by atoms with Crippen LogP contribution in [0.5, 0.6) is 0 Å². The second-order valence-electron chi connectivity index (χ2n) is 5.05. The molecule has 1 heterocycles. The summed E-state index contributed by atoms with van der Waals surface area (Å²) in [4.78, 5) is 2.71. The summed E-state index contributed by atoms with van der Waals surface area (Å²) in [6.45, 7) is 0. The fraction of sp³-hybridized carbons (Fsp3) is 0. The minimum absolute atomic E-state index is 1.27. The summed E-state index contributed by atoms with van der Waals surface area (Å²) in [5.74, 6) is 0. The van der Waals surface area contributed by atoms with E-state index < -0.39 is 0 Å². The maximum Gasteiger partial charge on any atom is 0.0583 e. The highest BCUT2D eigenvalue weighted by Gasteiger charge is 2.22. The molecular weight excluding hydrogens is 304 g/mol. The molecule has 2 heteroatoms. The van der Waals surface area contributed by atoms with Crippen LogP contribution in [0.1, 0.15) is 11.1 Å². The fourth-order valence-corrected chi connectivity index (χ4v) is 5.21. The molecule has 0 bridgehead atoms. The molecule has 0 saturated carbocycles. The first-order valence-electron chi connectivity index (χ1n) is 7.22. The highest BCUT2D eigenvalue weighted by molar-refractivity contribution is 8.25. The van der Waals surface area contributed by atoms with Crippen LogP contribution in [0.2, 0.25) is 0 Å². The van der Waals surface area contributed by atoms with Crippen LogP contribution in [-0.4, -0.2) is 0 Å². The van der Waals surface area contributed by atoms with E-state index in [1.165, 1.54) is 30.7 Å². The molecule has 0 saturated heterocycles. The third-order valence-corrected chi connectivity index (χ3v) is 6.14. The summed E-state index contributed by atoms with van der Waals surface area (Å²) in [6, 6.07) is 30.0. The Hall–Kier alpha value is -1.90. The zero-order valence-corrected chi connectivity index (χ0v) is 13.5. The van der Waals surface area contributed by atoms with Crippen molar-refractivity contribution >= 4 is 29.1 Å². The van der Waals surface area contributed by atoms with Crippen molar-refractivity contribution in [1.29, 1.82) is 0 Å². The van der Waals surface area contributed by atoms with Gasteiger partial charge >= 0.3 is 0 Å². The van der Waals surface area contributed by atoms with E-state index in [1.54, 1.807) is 0 Å². The average molecular weight is 318 g/mol. The predicted molar refractivity (Wildman–Crippen MR) is 97.1 cm³/mol. The van der Waals surface area contributed by atoms with Gasteiger partial charge < -0.3 is 0 Å². The molecule has 3 aromatic carbocycles. The van der Waals surface area contributed by atoms with Crippen molar-refractivity contribution in [2.24, 2.45) is 0 Å². The Kier molecular flexibility index (Phi) is 3.79. The number of hydrogen-bond acceptors (Lipinski definition) is 2. The minimum atomic E-state index is 1.27. The van der Waals surface area contributed by atoms with E-state index in [0.29, 0.717) is 0 Å². The Bertz CT molecular complexity index is 752. The van der Waals surface area contributed by atoms with Crippen LogP contribution in [0.25, 0.3) is 5.57 Å². The summed E-state index contributed by atoms with van der Waals surface area (Å²) >= 11 is 3.75. The Morgan fingerprint density at radius 2 is 0.909 bits per heavy atom. The second-order valence-corrected chi connectivity index (χ2v) is 7.41. The molecule has 3 aromatic rings. The first-order chi connectivity index (χ1) is 10.9. The van der Waals surface area contributed by atoms with E-state index in [0.717, 1.165) is 0 Å². The molecule has 0 unspecified atom stereocenters. The maximum absolute atomic E-state index is 2.20. The summed E-state index contributed by atoms with van der Waals surface area (Å²) in [5.41, 5.74) is 3.88. The Labute approximate surface area is 139 Å². The van der Waals surface area contributed by atoms with Crippen molar-refractivity contribution in [1.82, 2.24) is 0 Å². The van der Waals surface area contributed by atoms with Crippen molar-refractivity contribution in [3.05, 3.63) is 100 Å². The molecule has 0 radical (unpaired) electrons. The van der Waals surface area contributed by atoms with Crippen LogP contribution in [0.15, 0.2) is 99.0 Å². The monoisotopic (exact) mass is 318 g/mol. The van der Waals surface area contributed by atoms with Gasteiger partial charge in [0.2, 0.25) is 0 Å². The molecule has 0 atom stereocenters. The first kappa shape index (κ1) is 13.7. The van der Waals surface area contributed by atoms with Gasteiger partial charge in [-0.25, -0.2) is 0 Å². The summed E-state index contributed by atoms with van der Waals surface area (Å²) in [6.07, 6.45) is 0. The molecule has 1 aliphatic rings. The first-order valence-corrected chi connectivity index (χ1v) is 8.85. The van der Waals surface area contributed by atoms with Crippen LogP contribution in [0.4, 0.5) is 0 Å². The van der Waals surface area contributed by atoms with Gasteiger partial charge in [-0.1, -0.05) is 96.3 Å². The summed E-state index contributed by atoms with van der Waals surface area (Å²) in [7, 11) is 0. The van der Waals surface area contributed by atoms with Crippen LogP contribution in [0.3, 0.4) is 0 Å². The standard InChI is InChI=1S/C20H14S2/c1-3-9-15(10-4-1)19(16-11-5-2-6-12-16)20-21-17-13-7-8-14-18(17)22-20/h1-14H. The Balaban J connectivity index is 1.88. The number of fused-ring (bicyclic) bond motifs is 1. The molecule has 0 amide bonds. The van der Waals surface area contributed by atoms with Crippen molar-refractivity contribution in [2.75, 3.05) is 0 Å². The molecule has 0 N–H and O–H groups in total. The van der Waals surface area contributed by atoms with Crippen molar-refractivity contribution in [3.8, 4) is 0 Å². The lowest BCUT2D eigenvalue weighted by Gasteiger charge is -2.11. The van der Waals surface area contributed by atoms with Crippen LogP contribution in [0, 0.1) is 0 Å². The van der Waals surface area contributed by atoms with Crippen LogP contribution in [-0.2, 0) is 0 Å². The van der Waals surface area contributed by atoms with Gasteiger partial charge in [-0.3, -0.25) is 0 Å². The van der Waals surface area contributed by atoms with Gasteiger partial charge in [0.25, 0.3) is 0 Å². The third kappa shape index (κ3) is 2.60. The lowest BCUT2D eigenvalue weighted by Crippen LogP contribution is -1.89. The van der Waals surface area contributed by atoms with E-state index in [1.807, 2.05) is 23.5 Å². The molecule has 4 rings (SSSR count). The van der Waals surface area contributed by atoms with Crippen molar-refractivity contribution in [2.45, 2.75) is 9.79 Å². The molecular formula is C20H14S2. The lowest BCUT2D eigenvalue weighted by molar-refractivity contribution is 1.27. The number of rotatable bonds is 2. The summed E-state index contributed by atoms with van der Waals surface area (Å²) < 4.78 is 1.36. The molecule has 0 aliphatic carbocycles. The maximum atomic E-state index is 2.20. The normalized spacial score (nSPS) is 13.0. The van der Waals surface area contributed by atoms with E-state index in [-0.39, 0.29) is 0 Å².